The Labute approximate surface area is 179 Å². The Kier molecular flexibility index (Phi) is 8.03. The summed E-state index contributed by atoms with van der Waals surface area (Å²) in [6.07, 6.45) is 0. The maximum Gasteiger partial charge on any atom is 0.308 e. The molecule has 6 nitrogen and oxygen atoms in total. The summed E-state index contributed by atoms with van der Waals surface area (Å²) in [5.74, 6) is 0.0169. The van der Waals surface area contributed by atoms with Gasteiger partial charge in [0.15, 0.2) is 0 Å². The predicted molar refractivity (Wildman–Crippen MR) is 118 cm³/mol. The fourth-order valence-electron chi connectivity index (χ4n) is 2.87. The van der Waals surface area contributed by atoms with Crippen molar-refractivity contribution in [3.05, 3.63) is 65.2 Å². The molecule has 0 aliphatic carbocycles. The molecule has 2 rings (SSSR count). The third-order valence-electron chi connectivity index (χ3n) is 4.70. The highest BCUT2D eigenvalue weighted by Crippen LogP contribution is 2.23. The van der Waals surface area contributed by atoms with E-state index in [1.807, 2.05) is 30.3 Å². The number of hydrogen-bond donors (Lipinski definition) is 0. The molecule has 7 heteroatoms. The summed E-state index contributed by atoms with van der Waals surface area (Å²) in [4.78, 5) is 14.8. The van der Waals surface area contributed by atoms with Gasteiger partial charge in [0.25, 0.3) is 5.91 Å². The molecule has 164 valence electrons. The number of methoxy groups -OCH3 is 1. The monoisotopic (exact) mass is 433 g/mol. The van der Waals surface area contributed by atoms with Crippen LogP contribution in [-0.2, 0) is 26.8 Å². The minimum Gasteiger partial charge on any atom is -0.383 e. The summed E-state index contributed by atoms with van der Waals surface area (Å²) in [6.45, 7) is 9.02. The molecule has 0 saturated carbocycles. The van der Waals surface area contributed by atoms with E-state index in [0.717, 1.165) is 11.1 Å². The normalized spacial score (nSPS) is 11.9. The first kappa shape index (κ1) is 23.9. The Hall–Kier alpha value is -2.38. The van der Waals surface area contributed by atoms with E-state index in [9.17, 15) is 13.2 Å². The van der Waals surface area contributed by atoms with Crippen LogP contribution in [0.2, 0.25) is 0 Å². The Morgan fingerprint density at radius 1 is 1.07 bits per heavy atom. The molecule has 0 spiro atoms. The topological polar surface area (TPSA) is 72.9 Å². The first-order valence-corrected chi connectivity index (χ1v) is 11.5. The summed E-state index contributed by atoms with van der Waals surface area (Å²) in [7, 11) is -2.02. The van der Waals surface area contributed by atoms with Crippen LogP contribution in [0.15, 0.2) is 48.5 Å². The van der Waals surface area contributed by atoms with Crippen LogP contribution in [0.25, 0.3) is 0 Å². The molecule has 0 bridgehead atoms. The zero-order chi connectivity index (χ0) is 22.4. The molecule has 0 saturated heterocycles. The Morgan fingerprint density at radius 2 is 1.73 bits per heavy atom. The molecule has 2 aromatic carbocycles. The van der Waals surface area contributed by atoms with Gasteiger partial charge in [-0.2, -0.15) is 8.42 Å². The molecule has 0 aliphatic heterocycles. The van der Waals surface area contributed by atoms with Crippen molar-refractivity contribution >= 4 is 16.0 Å². The lowest BCUT2D eigenvalue weighted by Gasteiger charge is -2.24. The molecule has 0 atom stereocenters. The van der Waals surface area contributed by atoms with Crippen molar-refractivity contribution in [1.82, 2.24) is 4.90 Å². The van der Waals surface area contributed by atoms with E-state index in [4.69, 9.17) is 8.92 Å². The van der Waals surface area contributed by atoms with Crippen LogP contribution in [0.5, 0.6) is 5.75 Å². The number of carbonyl (C=O) groups excluding carboxylic acids is 1. The highest BCUT2D eigenvalue weighted by Gasteiger charge is 2.19. The van der Waals surface area contributed by atoms with Gasteiger partial charge in [-0.25, -0.2) is 0 Å². The predicted octanol–water partition coefficient (Wildman–Crippen LogP) is 4.00. The van der Waals surface area contributed by atoms with Gasteiger partial charge in [0.05, 0.1) is 12.4 Å². The lowest BCUT2D eigenvalue weighted by atomic mass is 9.86. The van der Waals surface area contributed by atoms with E-state index >= 15 is 0 Å². The smallest absolute Gasteiger partial charge is 0.308 e. The molecule has 0 radical (unpaired) electrons. The van der Waals surface area contributed by atoms with Gasteiger partial charge in [0, 0.05) is 25.8 Å². The van der Waals surface area contributed by atoms with Crippen molar-refractivity contribution in [3.63, 3.8) is 0 Å². The summed E-state index contributed by atoms with van der Waals surface area (Å²) in [6, 6.07) is 14.4. The fraction of sp³-hybridized carbons (Fsp3) is 0.435. The SMILES string of the molecule is CCS(=O)(=O)Oc1cccc(CN(CCOC)C(=O)c2ccc(C(C)(C)C)cc2)c1. The molecule has 1 amide bonds. The van der Waals surface area contributed by atoms with Crippen molar-refractivity contribution in [2.24, 2.45) is 0 Å². The molecule has 0 fully saturated rings. The number of amides is 1. The van der Waals surface area contributed by atoms with Crippen molar-refractivity contribution in [3.8, 4) is 5.75 Å². The van der Waals surface area contributed by atoms with Gasteiger partial charge in [-0.3, -0.25) is 4.79 Å². The van der Waals surface area contributed by atoms with Crippen molar-refractivity contribution in [1.29, 1.82) is 0 Å². The van der Waals surface area contributed by atoms with Gasteiger partial charge >= 0.3 is 10.1 Å². The largest absolute Gasteiger partial charge is 0.383 e. The molecule has 0 N–H and O–H groups in total. The standard InChI is InChI=1S/C23H31NO5S/c1-6-30(26,27)29-21-9-7-8-18(16-21)17-24(14-15-28-5)22(25)19-10-12-20(13-11-19)23(2,3)4/h7-13,16H,6,14-15,17H2,1-5H3. The average molecular weight is 434 g/mol. The number of hydrogen-bond acceptors (Lipinski definition) is 5. The van der Waals surface area contributed by atoms with Crippen molar-refractivity contribution in [2.45, 2.75) is 39.7 Å². The lowest BCUT2D eigenvalue weighted by molar-refractivity contribution is 0.0680. The zero-order valence-electron chi connectivity index (χ0n) is 18.3. The van der Waals surface area contributed by atoms with E-state index in [0.29, 0.717) is 25.3 Å². The maximum absolute atomic E-state index is 13.1. The van der Waals surface area contributed by atoms with Crippen LogP contribution in [0, 0.1) is 0 Å². The van der Waals surface area contributed by atoms with Crippen LogP contribution in [0.1, 0.15) is 49.2 Å². The van der Waals surface area contributed by atoms with Gasteiger partial charge in [0.2, 0.25) is 0 Å². The summed E-state index contributed by atoms with van der Waals surface area (Å²) in [5.41, 5.74) is 2.54. The van der Waals surface area contributed by atoms with Gasteiger partial charge in [-0.05, 0) is 47.7 Å². The first-order chi connectivity index (χ1) is 14.1. The van der Waals surface area contributed by atoms with Crippen molar-refractivity contribution < 1.29 is 22.1 Å². The van der Waals surface area contributed by atoms with Crippen LogP contribution in [0.3, 0.4) is 0 Å². The summed E-state index contributed by atoms with van der Waals surface area (Å²) in [5, 5.41) is 0. The maximum atomic E-state index is 13.1. The second-order valence-corrected chi connectivity index (χ2v) is 9.98. The van der Waals surface area contributed by atoms with Crippen molar-refractivity contribution in [2.75, 3.05) is 26.0 Å². The molecule has 0 unspecified atom stereocenters. The highest BCUT2D eigenvalue weighted by molar-refractivity contribution is 7.87. The third kappa shape index (κ3) is 6.85. The average Bonchev–Trinajstić information content (AvgIpc) is 2.70. The number of nitrogens with zero attached hydrogens (tertiary/aromatic N) is 1. The van der Waals surface area contributed by atoms with E-state index in [1.165, 1.54) is 6.92 Å². The van der Waals surface area contributed by atoms with Gasteiger partial charge < -0.3 is 13.8 Å². The van der Waals surface area contributed by atoms with E-state index in [-0.39, 0.29) is 22.8 Å². The first-order valence-electron chi connectivity index (χ1n) is 9.95. The Balaban J connectivity index is 2.22. The number of ether oxygens (including phenoxy) is 1. The third-order valence-corrected chi connectivity index (χ3v) is 5.85. The number of benzene rings is 2. The van der Waals surface area contributed by atoms with Crippen LogP contribution < -0.4 is 4.18 Å². The summed E-state index contributed by atoms with van der Waals surface area (Å²) < 4.78 is 33.7. The second-order valence-electron chi connectivity index (χ2n) is 8.12. The van der Waals surface area contributed by atoms with Crippen LogP contribution >= 0.6 is 0 Å². The molecule has 0 aliphatic rings. The van der Waals surface area contributed by atoms with Gasteiger partial charge in [-0.15, -0.1) is 0 Å². The summed E-state index contributed by atoms with van der Waals surface area (Å²) >= 11 is 0. The molecule has 0 aromatic heterocycles. The minimum absolute atomic E-state index is 0.0105. The van der Waals surface area contributed by atoms with Crippen LogP contribution in [-0.4, -0.2) is 45.2 Å². The molecule has 30 heavy (non-hydrogen) atoms. The van der Waals surface area contributed by atoms with Gasteiger partial charge in [0.1, 0.15) is 5.75 Å². The molecule has 0 heterocycles. The minimum atomic E-state index is -3.61. The Bertz CT molecular complexity index is 946. The second kappa shape index (κ2) is 10.1. The lowest BCUT2D eigenvalue weighted by Crippen LogP contribution is -2.33. The molecular formula is C23H31NO5S. The Morgan fingerprint density at radius 3 is 2.30 bits per heavy atom. The number of rotatable bonds is 9. The molecular weight excluding hydrogens is 402 g/mol. The zero-order valence-corrected chi connectivity index (χ0v) is 19.2. The van der Waals surface area contributed by atoms with E-state index in [1.54, 1.807) is 30.2 Å². The molecule has 2 aromatic rings. The quantitative estimate of drug-likeness (QED) is 0.559. The highest BCUT2D eigenvalue weighted by atomic mass is 32.2. The van der Waals surface area contributed by atoms with Gasteiger partial charge in [-0.1, -0.05) is 45.0 Å². The van der Waals surface area contributed by atoms with E-state index in [2.05, 4.69) is 20.8 Å². The van der Waals surface area contributed by atoms with E-state index < -0.39 is 10.1 Å². The van der Waals surface area contributed by atoms with Crippen LogP contribution in [0.4, 0.5) is 0 Å². The fourth-order valence-corrected chi connectivity index (χ4v) is 3.39. The number of carbonyl (C=O) groups is 1.